The van der Waals surface area contributed by atoms with Gasteiger partial charge in [0, 0.05) is 6.07 Å². The lowest BCUT2D eigenvalue weighted by Crippen LogP contribution is -2.09. The summed E-state index contributed by atoms with van der Waals surface area (Å²) in [5.74, 6) is 0.341. The molecule has 0 bridgehead atoms. The van der Waals surface area contributed by atoms with Gasteiger partial charge in [0.1, 0.15) is 6.61 Å². The summed E-state index contributed by atoms with van der Waals surface area (Å²) in [6, 6.07) is 11.4. The first-order valence-corrected chi connectivity index (χ1v) is 7.11. The summed E-state index contributed by atoms with van der Waals surface area (Å²) in [7, 11) is 2.79. The van der Waals surface area contributed by atoms with Crippen LogP contribution in [0.1, 0.15) is 16.1 Å². The number of pyridine rings is 1. The van der Waals surface area contributed by atoms with E-state index in [1.165, 1.54) is 26.5 Å². The van der Waals surface area contributed by atoms with Crippen LogP contribution in [0.3, 0.4) is 0 Å². The lowest BCUT2D eigenvalue weighted by atomic mass is 10.2. The van der Waals surface area contributed by atoms with Gasteiger partial charge in [-0.15, -0.1) is 0 Å². The standard InChI is InChI=1S/C17H19NO5/c1-20-15-10-14(17(19)21-2)18-11-16(15)23-9-8-22-12-13-6-4-3-5-7-13/h3-7,10-11H,8-9,12H2,1-2H3. The van der Waals surface area contributed by atoms with Gasteiger partial charge in [0.05, 0.1) is 33.6 Å². The Kier molecular flexibility index (Phi) is 6.38. The molecule has 0 saturated heterocycles. The second kappa shape index (κ2) is 8.75. The summed E-state index contributed by atoms with van der Waals surface area (Å²) in [6.45, 7) is 1.31. The fraction of sp³-hybridized carbons (Fsp3) is 0.294. The minimum Gasteiger partial charge on any atom is -0.493 e. The molecule has 0 aliphatic rings. The predicted molar refractivity (Wildman–Crippen MR) is 83.7 cm³/mol. The summed E-state index contributed by atoms with van der Waals surface area (Å²) in [5.41, 5.74) is 1.27. The molecule has 1 heterocycles. The first-order valence-electron chi connectivity index (χ1n) is 7.11. The monoisotopic (exact) mass is 317 g/mol. The van der Waals surface area contributed by atoms with Crippen molar-refractivity contribution in [3.8, 4) is 11.5 Å². The van der Waals surface area contributed by atoms with Crippen molar-refractivity contribution in [3.63, 3.8) is 0 Å². The molecule has 6 nitrogen and oxygen atoms in total. The maximum atomic E-state index is 11.4. The highest BCUT2D eigenvalue weighted by Gasteiger charge is 2.12. The van der Waals surface area contributed by atoms with Gasteiger partial charge in [0.15, 0.2) is 17.2 Å². The number of esters is 1. The van der Waals surface area contributed by atoms with E-state index in [1.807, 2.05) is 30.3 Å². The zero-order valence-electron chi connectivity index (χ0n) is 13.2. The molecule has 0 fully saturated rings. The number of ether oxygens (including phenoxy) is 4. The summed E-state index contributed by atoms with van der Waals surface area (Å²) in [5, 5.41) is 0. The van der Waals surface area contributed by atoms with Gasteiger partial charge in [-0.1, -0.05) is 30.3 Å². The molecule has 0 aliphatic heterocycles. The third-order valence-electron chi connectivity index (χ3n) is 3.04. The maximum absolute atomic E-state index is 11.4. The van der Waals surface area contributed by atoms with Crippen molar-refractivity contribution in [2.75, 3.05) is 27.4 Å². The topological polar surface area (TPSA) is 66.9 Å². The van der Waals surface area contributed by atoms with Crippen LogP contribution >= 0.6 is 0 Å². The van der Waals surface area contributed by atoms with Gasteiger partial charge in [-0.3, -0.25) is 0 Å². The first-order chi connectivity index (χ1) is 11.2. The van der Waals surface area contributed by atoms with Crippen molar-refractivity contribution in [2.24, 2.45) is 0 Å². The Morgan fingerprint density at radius 3 is 2.57 bits per heavy atom. The Labute approximate surface area is 135 Å². The van der Waals surface area contributed by atoms with Crippen molar-refractivity contribution in [2.45, 2.75) is 6.61 Å². The Hall–Kier alpha value is -2.60. The second-order valence-electron chi connectivity index (χ2n) is 4.60. The molecule has 2 aromatic rings. The maximum Gasteiger partial charge on any atom is 0.356 e. The van der Waals surface area contributed by atoms with Gasteiger partial charge < -0.3 is 18.9 Å². The van der Waals surface area contributed by atoms with Gasteiger partial charge >= 0.3 is 5.97 Å². The molecule has 23 heavy (non-hydrogen) atoms. The van der Waals surface area contributed by atoms with Crippen LogP contribution in [0.15, 0.2) is 42.6 Å². The smallest absolute Gasteiger partial charge is 0.356 e. The molecule has 0 aliphatic carbocycles. The van der Waals surface area contributed by atoms with E-state index >= 15 is 0 Å². The van der Waals surface area contributed by atoms with Crippen LogP contribution in [0.5, 0.6) is 11.5 Å². The average Bonchev–Trinajstić information content (AvgIpc) is 2.61. The van der Waals surface area contributed by atoms with Gasteiger partial charge in [0.2, 0.25) is 0 Å². The third kappa shape index (κ3) is 4.96. The number of carbonyl (C=O) groups is 1. The van der Waals surface area contributed by atoms with E-state index < -0.39 is 5.97 Å². The zero-order valence-corrected chi connectivity index (χ0v) is 13.2. The van der Waals surface area contributed by atoms with Crippen molar-refractivity contribution < 1.29 is 23.7 Å². The van der Waals surface area contributed by atoms with Crippen molar-refractivity contribution in [1.29, 1.82) is 0 Å². The molecule has 1 aromatic heterocycles. The number of hydrogen-bond donors (Lipinski definition) is 0. The molecule has 0 N–H and O–H groups in total. The quantitative estimate of drug-likeness (QED) is 0.550. The fourth-order valence-electron chi connectivity index (χ4n) is 1.88. The van der Waals surface area contributed by atoms with Gasteiger partial charge in [0.25, 0.3) is 0 Å². The van der Waals surface area contributed by atoms with Crippen LogP contribution in [0.4, 0.5) is 0 Å². The normalized spacial score (nSPS) is 10.2. The minimum atomic E-state index is -0.527. The second-order valence-corrected chi connectivity index (χ2v) is 4.60. The van der Waals surface area contributed by atoms with E-state index in [1.54, 1.807) is 0 Å². The van der Waals surface area contributed by atoms with Crippen LogP contribution in [-0.4, -0.2) is 38.4 Å². The predicted octanol–water partition coefficient (Wildman–Crippen LogP) is 2.47. The van der Waals surface area contributed by atoms with Crippen LogP contribution in [0.25, 0.3) is 0 Å². The van der Waals surface area contributed by atoms with Crippen LogP contribution < -0.4 is 9.47 Å². The van der Waals surface area contributed by atoms with Gasteiger partial charge in [-0.25, -0.2) is 9.78 Å². The number of carbonyl (C=O) groups excluding carboxylic acids is 1. The molecule has 6 heteroatoms. The summed E-state index contributed by atoms with van der Waals surface area (Å²) < 4.78 is 20.9. The van der Waals surface area contributed by atoms with E-state index in [-0.39, 0.29) is 5.69 Å². The highest BCUT2D eigenvalue weighted by Crippen LogP contribution is 2.26. The Balaban J connectivity index is 1.82. The number of nitrogens with zero attached hydrogens (tertiary/aromatic N) is 1. The zero-order chi connectivity index (χ0) is 16.5. The molecule has 2 rings (SSSR count). The highest BCUT2D eigenvalue weighted by molar-refractivity contribution is 5.87. The van der Waals surface area contributed by atoms with E-state index in [9.17, 15) is 4.79 Å². The van der Waals surface area contributed by atoms with E-state index in [4.69, 9.17) is 14.2 Å². The van der Waals surface area contributed by atoms with Crippen LogP contribution in [0, 0.1) is 0 Å². The molecule has 122 valence electrons. The Morgan fingerprint density at radius 2 is 1.87 bits per heavy atom. The van der Waals surface area contributed by atoms with Crippen molar-refractivity contribution in [3.05, 3.63) is 53.9 Å². The minimum absolute atomic E-state index is 0.164. The molecule has 0 radical (unpaired) electrons. The van der Waals surface area contributed by atoms with E-state index in [0.717, 1.165) is 5.56 Å². The molecule has 0 saturated carbocycles. The van der Waals surface area contributed by atoms with Crippen LogP contribution in [0.2, 0.25) is 0 Å². The van der Waals surface area contributed by atoms with Gasteiger partial charge in [-0.2, -0.15) is 0 Å². The van der Waals surface area contributed by atoms with E-state index in [2.05, 4.69) is 9.72 Å². The number of aromatic nitrogens is 1. The largest absolute Gasteiger partial charge is 0.493 e. The number of methoxy groups -OCH3 is 2. The molecule has 0 unspecified atom stereocenters. The molecule has 0 atom stereocenters. The van der Waals surface area contributed by atoms with Crippen LogP contribution in [-0.2, 0) is 16.1 Å². The molecule has 0 spiro atoms. The third-order valence-corrected chi connectivity index (χ3v) is 3.04. The molecular weight excluding hydrogens is 298 g/mol. The lowest BCUT2D eigenvalue weighted by Gasteiger charge is -2.11. The molecular formula is C17H19NO5. The fourth-order valence-corrected chi connectivity index (χ4v) is 1.88. The summed E-state index contributed by atoms with van der Waals surface area (Å²) in [6.07, 6.45) is 1.43. The average molecular weight is 317 g/mol. The number of rotatable bonds is 8. The highest BCUT2D eigenvalue weighted by atomic mass is 16.5. The van der Waals surface area contributed by atoms with E-state index in [0.29, 0.717) is 31.3 Å². The Morgan fingerprint density at radius 1 is 1.09 bits per heavy atom. The Bertz CT molecular complexity index is 630. The first kappa shape index (κ1) is 16.8. The lowest BCUT2D eigenvalue weighted by molar-refractivity contribution is 0.0593. The molecule has 1 aromatic carbocycles. The van der Waals surface area contributed by atoms with Crippen molar-refractivity contribution in [1.82, 2.24) is 4.98 Å². The van der Waals surface area contributed by atoms with Gasteiger partial charge in [-0.05, 0) is 5.56 Å². The van der Waals surface area contributed by atoms with Crippen molar-refractivity contribution >= 4 is 5.97 Å². The number of benzene rings is 1. The number of hydrogen-bond acceptors (Lipinski definition) is 6. The summed E-state index contributed by atoms with van der Waals surface area (Å²) >= 11 is 0. The summed E-state index contributed by atoms with van der Waals surface area (Å²) in [4.78, 5) is 15.4. The molecule has 0 amide bonds. The SMILES string of the molecule is COC(=O)c1cc(OC)c(OCCOCc2ccccc2)cn1.